The minimum absolute atomic E-state index is 0.165. The van der Waals surface area contributed by atoms with Gasteiger partial charge in [-0.25, -0.2) is 8.42 Å². The molecule has 0 bridgehead atoms. The van der Waals surface area contributed by atoms with Crippen molar-refractivity contribution in [2.75, 3.05) is 5.32 Å². The van der Waals surface area contributed by atoms with Crippen molar-refractivity contribution in [1.29, 1.82) is 0 Å². The summed E-state index contributed by atoms with van der Waals surface area (Å²) in [6.45, 7) is 3.94. The molecule has 2 heterocycles. The van der Waals surface area contributed by atoms with E-state index in [1.54, 1.807) is 25.1 Å². The number of carbonyl (C=O) groups excluding carboxylic acids is 1. The second-order valence-electron chi connectivity index (χ2n) is 7.18. The van der Waals surface area contributed by atoms with Gasteiger partial charge in [-0.05, 0) is 31.0 Å². The molecule has 4 rings (SSSR count). The van der Waals surface area contributed by atoms with Crippen molar-refractivity contribution in [2.24, 2.45) is 0 Å². The van der Waals surface area contributed by atoms with E-state index in [9.17, 15) is 13.2 Å². The van der Waals surface area contributed by atoms with Crippen LogP contribution in [0, 0.1) is 6.92 Å². The summed E-state index contributed by atoms with van der Waals surface area (Å²) in [5.74, 6) is -0.0681. The number of rotatable bonds is 5. The van der Waals surface area contributed by atoms with Gasteiger partial charge in [0.15, 0.2) is 0 Å². The van der Waals surface area contributed by atoms with E-state index in [2.05, 4.69) is 15.5 Å². The van der Waals surface area contributed by atoms with Crippen LogP contribution in [0.3, 0.4) is 0 Å². The van der Waals surface area contributed by atoms with E-state index in [0.29, 0.717) is 22.6 Å². The number of amides is 1. The number of aromatic amines is 1. The van der Waals surface area contributed by atoms with E-state index in [0.717, 1.165) is 5.56 Å². The fourth-order valence-electron chi connectivity index (χ4n) is 3.49. The quantitative estimate of drug-likeness (QED) is 0.675. The summed E-state index contributed by atoms with van der Waals surface area (Å²) >= 11 is 0. The third-order valence-electron chi connectivity index (χ3n) is 5.27. The van der Waals surface area contributed by atoms with Gasteiger partial charge in [0.25, 0.3) is 0 Å². The number of H-pyrrole nitrogens is 1. The predicted octanol–water partition coefficient (Wildman–Crippen LogP) is 3.16. The Labute approximate surface area is 169 Å². The number of fused-ring (bicyclic) bond motifs is 1. The maximum absolute atomic E-state index is 13.0. The summed E-state index contributed by atoms with van der Waals surface area (Å²) in [7, 11) is -3.64. The number of nitrogens with one attached hydrogen (secondary N) is 2. The van der Waals surface area contributed by atoms with Gasteiger partial charge in [0.05, 0.1) is 23.1 Å². The Morgan fingerprint density at radius 1 is 1.10 bits per heavy atom. The molecule has 1 unspecified atom stereocenters. The molecule has 0 saturated heterocycles. The second-order valence-corrected chi connectivity index (χ2v) is 9.09. The lowest BCUT2D eigenvalue weighted by Crippen LogP contribution is -2.27. The number of aromatic nitrogens is 2. The SMILES string of the molecule is Cc1ccccc1S(=O)(=O)N1Cc2n[nH]c(NC(=O)C(C)c3ccccc3)c2C1. The highest BCUT2D eigenvalue weighted by Crippen LogP contribution is 2.32. The molecule has 7 nitrogen and oxygen atoms in total. The van der Waals surface area contributed by atoms with Gasteiger partial charge in [0.1, 0.15) is 5.82 Å². The van der Waals surface area contributed by atoms with E-state index >= 15 is 0 Å². The molecular weight excluding hydrogens is 388 g/mol. The van der Waals surface area contributed by atoms with Crippen LogP contribution in [0.15, 0.2) is 59.5 Å². The molecule has 0 radical (unpaired) electrons. The fourth-order valence-corrected chi connectivity index (χ4v) is 5.08. The predicted molar refractivity (Wildman–Crippen MR) is 110 cm³/mol. The fraction of sp³-hybridized carbons (Fsp3) is 0.238. The van der Waals surface area contributed by atoms with Crippen LogP contribution in [0.5, 0.6) is 0 Å². The lowest BCUT2D eigenvalue weighted by atomic mass is 10.0. The molecule has 0 spiro atoms. The second kappa shape index (κ2) is 7.46. The Kier molecular flexibility index (Phi) is 4.97. The highest BCUT2D eigenvalue weighted by atomic mass is 32.2. The first-order valence-electron chi connectivity index (χ1n) is 9.35. The first-order chi connectivity index (χ1) is 13.9. The van der Waals surface area contributed by atoms with E-state index in [4.69, 9.17) is 0 Å². The number of sulfonamides is 1. The molecule has 2 aromatic carbocycles. The normalized spacial score (nSPS) is 15.1. The molecule has 8 heteroatoms. The summed E-state index contributed by atoms with van der Waals surface area (Å²) in [4.78, 5) is 13.0. The number of hydrogen-bond acceptors (Lipinski definition) is 4. The van der Waals surface area contributed by atoms with Crippen molar-refractivity contribution >= 4 is 21.7 Å². The van der Waals surface area contributed by atoms with Crippen molar-refractivity contribution in [3.63, 3.8) is 0 Å². The van der Waals surface area contributed by atoms with E-state index in [1.165, 1.54) is 4.31 Å². The van der Waals surface area contributed by atoms with Crippen LogP contribution in [0.4, 0.5) is 5.82 Å². The molecule has 0 fully saturated rings. The number of hydrogen-bond donors (Lipinski definition) is 2. The molecule has 0 aliphatic carbocycles. The van der Waals surface area contributed by atoms with Gasteiger partial charge >= 0.3 is 0 Å². The molecule has 1 aromatic heterocycles. The van der Waals surface area contributed by atoms with Crippen molar-refractivity contribution < 1.29 is 13.2 Å². The molecule has 0 saturated carbocycles. The summed E-state index contributed by atoms with van der Waals surface area (Å²) in [5, 5.41) is 9.91. The third kappa shape index (κ3) is 3.56. The highest BCUT2D eigenvalue weighted by molar-refractivity contribution is 7.89. The van der Waals surface area contributed by atoms with Gasteiger partial charge in [-0.3, -0.25) is 9.89 Å². The third-order valence-corrected chi connectivity index (χ3v) is 7.22. The van der Waals surface area contributed by atoms with Crippen molar-refractivity contribution in [1.82, 2.24) is 14.5 Å². The Morgan fingerprint density at radius 2 is 1.79 bits per heavy atom. The molecule has 150 valence electrons. The van der Waals surface area contributed by atoms with E-state index in [1.807, 2.05) is 43.3 Å². The molecule has 29 heavy (non-hydrogen) atoms. The number of carbonyl (C=O) groups is 1. The van der Waals surface area contributed by atoms with Crippen molar-refractivity contribution in [3.05, 3.63) is 77.0 Å². The van der Waals surface area contributed by atoms with Crippen molar-refractivity contribution in [3.8, 4) is 0 Å². The number of nitrogens with zero attached hydrogens (tertiary/aromatic N) is 2. The van der Waals surface area contributed by atoms with Crippen LogP contribution >= 0.6 is 0 Å². The van der Waals surface area contributed by atoms with Gasteiger partial charge in [-0.2, -0.15) is 9.40 Å². The maximum Gasteiger partial charge on any atom is 0.244 e. The van der Waals surface area contributed by atoms with Crippen LogP contribution in [0.1, 0.15) is 35.2 Å². The van der Waals surface area contributed by atoms with Gasteiger partial charge in [0.2, 0.25) is 15.9 Å². The van der Waals surface area contributed by atoms with Crippen LogP contribution in [0.25, 0.3) is 0 Å². The standard InChI is InChI=1S/C21H22N4O3S/c1-14-8-6-7-11-19(14)29(27,28)25-12-17-18(13-25)23-24-20(17)22-21(26)15(2)16-9-4-3-5-10-16/h3-11,15H,12-13H2,1-2H3,(H2,22,23,24,26). The van der Waals surface area contributed by atoms with E-state index < -0.39 is 10.0 Å². The molecule has 1 aliphatic heterocycles. The van der Waals surface area contributed by atoms with E-state index in [-0.39, 0.29) is 29.8 Å². The number of anilines is 1. The Bertz CT molecular complexity index is 1160. The zero-order chi connectivity index (χ0) is 20.6. The van der Waals surface area contributed by atoms with Gasteiger partial charge in [-0.15, -0.1) is 0 Å². The van der Waals surface area contributed by atoms with Gasteiger partial charge in [0, 0.05) is 12.1 Å². The first-order valence-corrected chi connectivity index (χ1v) is 10.8. The van der Waals surface area contributed by atoms with Crippen molar-refractivity contribution in [2.45, 2.75) is 37.8 Å². The number of benzene rings is 2. The van der Waals surface area contributed by atoms with Gasteiger partial charge < -0.3 is 5.32 Å². The summed E-state index contributed by atoms with van der Waals surface area (Å²) in [6, 6.07) is 16.4. The minimum atomic E-state index is -3.64. The smallest absolute Gasteiger partial charge is 0.244 e. The first kappa shape index (κ1) is 19.4. The van der Waals surface area contributed by atoms with Crippen LogP contribution in [0.2, 0.25) is 0 Å². The molecular formula is C21H22N4O3S. The lowest BCUT2D eigenvalue weighted by molar-refractivity contribution is -0.117. The lowest BCUT2D eigenvalue weighted by Gasteiger charge is -2.17. The van der Waals surface area contributed by atoms with Crippen LogP contribution < -0.4 is 5.32 Å². The molecule has 1 aliphatic rings. The highest BCUT2D eigenvalue weighted by Gasteiger charge is 2.35. The topological polar surface area (TPSA) is 95.2 Å². The van der Waals surface area contributed by atoms with Gasteiger partial charge in [-0.1, -0.05) is 48.5 Å². The monoisotopic (exact) mass is 410 g/mol. The number of aryl methyl sites for hydroxylation is 1. The Morgan fingerprint density at radius 3 is 2.52 bits per heavy atom. The Balaban J connectivity index is 1.53. The van der Waals surface area contributed by atoms with Crippen LogP contribution in [-0.2, 0) is 27.9 Å². The summed E-state index contributed by atoms with van der Waals surface area (Å²) in [6.07, 6.45) is 0. The average molecular weight is 410 g/mol. The molecule has 1 amide bonds. The largest absolute Gasteiger partial charge is 0.310 e. The molecule has 3 aromatic rings. The summed E-state index contributed by atoms with van der Waals surface area (Å²) < 4.78 is 27.5. The van der Waals surface area contributed by atoms with Crippen LogP contribution in [-0.4, -0.2) is 28.8 Å². The molecule has 1 atom stereocenters. The zero-order valence-corrected chi connectivity index (χ0v) is 17.0. The Hall–Kier alpha value is -2.97. The summed E-state index contributed by atoms with van der Waals surface area (Å²) in [5.41, 5.74) is 2.94. The zero-order valence-electron chi connectivity index (χ0n) is 16.2. The minimum Gasteiger partial charge on any atom is -0.310 e. The average Bonchev–Trinajstić information content (AvgIpc) is 3.31. The maximum atomic E-state index is 13.0. The molecule has 2 N–H and O–H groups in total.